The van der Waals surface area contributed by atoms with Crippen LogP contribution < -0.4 is 0 Å². The van der Waals surface area contributed by atoms with Gasteiger partial charge in [-0.3, -0.25) is 0 Å². The molecule has 0 aliphatic rings. The Kier molecular flexibility index (Phi) is 1.83. The zero-order chi connectivity index (χ0) is 10.4. The molecule has 15 heavy (non-hydrogen) atoms. The molecule has 3 rings (SSSR count). The molecule has 0 amide bonds. The first-order chi connectivity index (χ1) is 7.25. The van der Waals surface area contributed by atoms with Crippen molar-refractivity contribution in [3.05, 3.63) is 40.5 Å². The summed E-state index contributed by atoms with van der Waals surface area (Å²) in [5.74, 6) is 0. The summed E-state index contributed by atoms with van der Waals surface area (Å²) in [5.41, 5.74) is 3.10. The van der Waals surface area contributed by atoms with Crippen molar-refractivity contribution in [2.75, 3.05) is 0 Å². The highest BCUT2D eigenvalue weighted by atomic mass is 79.9. The van der Waals surface area contributed by atoms with E-state index < -0.39 is 0 Å². The monoisotopic (exact) mass is 260 g/mol. The minimum absolute atomic E-state index is 0.955. The summed E-state index contributed by atoms with van der Waals surface area (Å²) in [6.07, 6.45) is 0. The molecule has 74 valence electrons. The average molecular weight is 261 g/mol. The molecule has 0 spiro atoms. The number of pyridine rings is 1. The number of aromatic amines is 1. The Bertz CT molecular complexity index is 655. The Morgan fingerprint density at radius 3 is 2.87 bits per heavy atom. The number of aromatic nitrogens is 2. The fraction of sp³-hybridized carbons (Fsp3) is 0.0833. The van der Waals surface area contributed by atoms with E-state index in [1.165, 1.54) is 10.8 Å². The molecule has 0 bridgehead atoms. The quantitative estimate of drug-likeness (QED) is 0.655. The number of hydrogen-bond donors (Lipinski definition) is 1. The summed E-state index contributed by atoms with van der Waals surface area (Å²) in [4.78, 5) is 7.82. The van der Waals surface area contributed by atoms with Crippen LogP contribution in [0.2, 0.25) is 0 Å². The van der Waals surface area contributed by atoms with Crippen LogP contribution in [-0.4, -0.2) is 9.97 Å². The third-order valence-corrected chi connectivity index (χ3v) is 3.42. The molecule has 1 N–H and O–H groups in total. The molecular formula is C12H9BrN2. The number of para-hydroxylation sites is 1. The zero-order valence-electron chi connectivity index (χ0n) is 8.21. The Hall–Kier alpha value is -1.35. The van der Waals surface area contributed by atoms with Crippen LogP contribution in [0.5, 0.6) is 0 Å². The molecule has 2 aromatic heterocycles. The molecular weight excluding hydrogens is 252 g/mol. The third kappa shape index (κ3) is 1.27. The molecule has 3 heteroatoms. The van der Waals surface area contributed by atoms with Gasteiger partial charge in [-0.1, -0.05) is 18.2 Å². The largest absolute Gasteiger partial charge is 0.339 e. The highest BCUT2D eigenvalue weighted by molar-refractivity contribution is 9.10. The van der Waals surface area contributed by atoms with Gasteiger partial charge in [-0.2, -0.15) is 0 Å². The normalized spacial score (nSPS) is 11.3. The van der Waals surface area contributed by atoms with E-state index in [2.05, 4.69) is 44.1 Å². The van der Waals surface area contributed by atoms with Crippen LogP contribution in [0.25, 0.3) is 21.9 Å². The topological polar surface area (TPSA) is 28.7 Å². The van der Waals surface area contributed by atoms with Gasteiger partial charge in [0.1, 0.15) is 5.65 Å². The first-order valence-electron chi connectivity index (χ1n) is 4.79. The van der Waals surface area contributed by atoms with Gasteiger partial charge in [0, 0.05) is 20.8 Å². The lowest BCUT2D eigenvalue weighted by atomic mass is 10.2. The number of benzene rings is 1. The fourth-order valence-electron chi connectivity index (χ4n) is 1.84. The summed E-state index contributed by atoms with van der Waals surface area (Å²) in [6, 6.07) is 10.4. The lowest BCUT2D eigenvalue weighted by Crippen LogP contribution is -1.83. The number of fused-ring (bicyclic) bond motifs is 3. The van der Waals surface area contributed by atoms with Gasteiger partial charge in [0.2, 0.25) is 0 Å². The van der Waals surface area contributed by atoms with Crippen molar-refractivity contribution in [1.82, 2.24) is 9.97 Å². The Morgan fingerprint density at radius 1 is 1.20 bits per heavy atom. The van der Waals surface area contributed by atoms with Gasteiger partial charge in [0.25, 0.3) is 0 Å². The van der Waals surface area contributed by atoms with Crippen LogP contribution in [0.1, 0.15) is 5.69 Å². The SMILES string of the molecule is Cc1nc2[nH]c3ccccc3c2cc1Br. The smallest absolute Gasteiger partial charge is 0.138 e. The molecule has 2 nitrogen and oxygen atoms in total. The van der Waals surface area contributed by atoms with E-state index in [4.69, 9.17) is 0 Å². The molecule has 0 saturated heterocycles. The standard InChI is InChI=1S/C12H9BrN2/c1-7-10(13)6-9-8-4-2-3-5-11(8)15-12(9)14-7/h2-6H,1H3,(H,14,15). The molecule has 0 radical (unpaired) electrons. The van der Waals surface area contributed by atoms with Crippen LogP contribution in [-0.2, 0) is 0 Å². The number of H-pyrrole nitrogens is 1. The molecule has 3 aromatic rings. The Balaban J connectivity index is 2.56. The van der Waals surface area contributed by atoms with Crippen LogP contribution >= 0.6 is 15.9 Å². The van der Waals surface area contributed by atoms with E-state index >= 15 is 0 Å². The van der Waals surface area contributed by atoms with E-state index in [9.17, 15) is 0 Å². The van der Waals surface area contributed by atoms with Crippen molar-refractivity contribution in [3.8, 4) is 0 Å². The molecule has 0 aliphatic carbocycles. The Morgan fingerprint density at radius 2 is 2.00 bits per heavy atom. The van der Waals surface area contributed by atoms with Gasteiger partial charge in [0.05, 0.1) is 5.69 Å². The molecule has 0 unspecified atom stereocenters. The van der Waals surface area contributed by atoms with E-state index in [1.54, 1.807) is 0 Å². The van der Waals surface area contributed by atoms with Crippen molar-refractivity contribution >= 4 is 37.9 Å². The molecule has 0 atom stereocenters. The Labute approximate surface area is 95.5 Å². The van der Waals surface area contributed by atoms with Crippen LogP contribution in [0.3, 0.4) is 0 Å². The van der Waals surface area contributed by atoms with Crippen molar-refractivity contribution in [3.63, 3.8) is 0 Å². The minimum Gasteiger partial charge on any atom is -0.339 e. The molecule has 2 heterocycles. The number of nitrogens with one attached hydrogen (secondary N) is 1. The van der Waals surface area contributed by atoms with E-state index in [-0.39, 0.29) is 0 Å². The van der Waals surface area contributed by atoms with Crippen LogP contribution in [0, 0.1) is 6.92 Å². The summed E-state index contributed by atoms with van der Waals surface area (Å²) in [7, 11) is 0. The fourth-order valence-corrected chi connectivity index (χ4v) is 2.15. The summed E-state index contributed by atoms with van der Waals surface area (Å²) < 4.78 is 1.06. The maximum Gasteiger partial charge on any atom is 0.138 e. The van der Waals surface area contributed by atoms with Gasteiger partial charge >= 0.3 is 0 Å². The van der Waals surface area contributed by atoms with Crippen molar-refractivity contribution in [1.29, 1.82) is 0 Å². The summed E-state index contributed by atoms with van der Waals surface area (Å²) in [5, 5.41) is 2.39. The van der Waals surface area contributed by atoms with E-state index in [0.717, 1.165) is 21.3 Å². The van der Waals surface area contributed by atoms with Crippen molar-refractivity contribution in [2.24, 2.45) is 0 Å². The van der Waals surface area contributed by atoms with Crippen LogP contribution in [0.4, 0.5) is 0 Å². The first kappa shape index (κ1) is 8.92. The predicted octanol–water partition coefficient (Wildman–Crippen LogP) is 3.79. The maximum atomic E-state index is 4.51. The highest BCUT2D eigenvalue weighted by Crippen LogP contribution is 2.27. The molecule has 0 fully saturated rings. The molecule has 0 aliphatic heterocycles. The number of rotatable bonds is 0. The van der Waals surface area contributed by atoms with E-state index in [1.807, 2.05) is 19.1 Å². The second-order valence-electron chi connectivity index (χ2n) is 3.62. The lowest BCUT2D eigenvalue weighted by molar-refractivity contribution is 1.21. The van der Waals surface area contributed by atoms with Crippen molar-refractivity contribution < 1.29 is 0 Å². The van der Waals surface area contributed by atoms with Crippen molar-refractivity contribution in [2.45, 2.75) is 6.92 Å². The predicted molar refractivity (Wildman–Crippen MR) is 66.0 cm³/mol. The van der Waals surface area contributed by atoms with Crippen LogP contribution in [0.15, 0.2) is 34.8 Å². The second-order valence-corrected chi connectivity index (χ2v) is 4.48. The number of halogens is 1. The van der Waals surface area contributed by atoms with Gasteiger partial charge in [0.15, 0.2) is 0 Å². The van der Waals surface area contributed by atoms with Gasteiger partial charge in [-0.15, -0.1) is 0 Å². The maximum absolute atomic E-state index is 4.51. The van der Waals surface area contributed by atoms with Gasteiger partial charge in [-0.25, -0.2) is 4.98 Å². The minimum atomic E-state index is 0.955. The van der Waals surface area contributed by atoms with E-state index in [0.29, 0.717) is 0 Å². The summed E-state index contributed by atoms with van der Waals surface area (Å²) in [6.45, 7) is 2.00. The first-order valence-corrected chi connectivity index (χ1v) is 5.58. The number of hydrogen-bond acceptors (Lipinski definition) is 1. The molecule has 1 aromatic carbocycles. The zero-order valence-corrected chi connectivity index (χ0v) is 9.80. The van der Waals surface area contributed by atoms with Gasteiger partial charge < -0.3 is 4.98 Å². The van der Waals surface area contributed by atoms with Gasteiger partial charge in [-0.05, 0) is 35.0 Å². The lowest BCUT2D eigenvalue weighted by Gasteiger charge is -1.96. The average Bonchev–Trinajstić information content (AvgIpc) is 2.57. The highest BCUT2D eigenvalue weighted by Gasteiger charge is 2.06. The molecule has 0 saturated carbocycles. The summed E-state index contributed by atoms with van der Waals surface area (Å²) >= 11 is 3.51. The second kappa shape index (κ2) is 3.07. The number of aryl methyl sites for hydroxylation is 1. The number of nitrogens with zero attached hydrogens (tertiary/aromatic N) is 1. The third-order valence-electron chi connectivity index (χ3n) is 2.62.